The van der Waals surface area contributed by atoms with Crippen molar-refractivity contribution in [3.63, 3.8) is 0 Å². The van der Waals surface area contributed by atoms with E-state index in [4.69, 9.17) is 0 Å². The van der Waals surface area contributed by atoms with E-state index in [9.17, 15) is 14.9 Å². The molecule has 0 spiro atoms. The van der Waals surface area contributed by atoms with Crippen LogP contribution in [0.15, 0.2) is 29.3 Å². The summed E-state index contributed by atoms with van der Waals surface area (Å²) in [5, 5.41) is 13.9. The Hall–Kier alpha value is -1.91. The molecule has 25 heavy (non-hydrogen) atoms. The predicted molar refractivity (Wildman–Crippen MR) is 107 cm³/mol. The molecule has 9 heteroatoms. The standard InChI is InChI=1S/C16H23N5O3.HI/c1-3-17-16(20-10-8-19(9-11-20)13(2)22)18-12-14-4-6-15(7-5-14)21(23)24;/h4-7H,3,8-12H2,1-2H3,(H,17,18);1H. The number of nitro benzene ring substituents is 1. The number of hydrogen-bond donors (Lipinski definition) is 1. The van der Waals surface area contributed by atoms with Crippen LogP contribution in [0.1, 0.15) is 19.4 Å². The van der Waals surface area contributed by atoms with Crippen LogP contribution in [-0.2, 0) is 11.3 Å². The zero-order valence-corrected chi connectivity index (χ0v) is 16.8. The minimum atomic E-state index is -0.411. The highest BCUT2D eigenvalue weighted by Crippen LogP contribution is 2.13. The van der Waals surface area contributed by atoms with Crippen molar-refractivity contribution in [2.45, 2.75) is 20.4 Å². The lowest BCUT2D eigenvalue weighted by molar-refractivity contribution is -0.384. The number of benzene rings is 1. The molecule has 1 aromatic carbocycles. The second-order valence-electron chi connectivity index (χ2n) is 5.59. The average Bonchev–Trinajstić information content (AvgIpc) is 2.59. The first kappa shape index (κ1) is 21.1. The van der Waals surface area contributed by atoms with E-state index < -0.39 is 4.92 Å². The van der Waals surface area contributed by atoms with Crippen LogP contribution in [0.25, 0.3) is 0 Å². The normalized spacial score (nSPS) is 14.7. The average molecular weight is 461 g/mol. The molecule has 1 heterocycles. The number of guanidine groups is 1. The molecule has 0 aliphatic carbocycles. The lowest BCUT2D eigenvalue weighted by atomic mass is 10.2. The molecule has 0 radical (unpaired) electrons. The maximum absolute atomic E-state index is 11.4. The molecular weight excluding hydrogens is 437 g/mol. The van der Waals surface area contributed by atoms with Crippen molar-refractivity contribution in [2.75, 3.05) is 32.7 Å². The highest BCUT2D eigenvalue weighted by Gasteiger charge is 2.20. The molecule has 1 aliphatic heterocycles. The molecule has 138 valence electrons. The number of halogens is 1. The van der Waals surface area contributed by atoms with Crippen LogP contribution in [0.2, 0.25) is 0 Å². The van der Waals surface area contributed by atoms with Crippen LogP contribution < -0.4 is 5.32 Å². The number of carbonyl (C=O) groups excluding carboxylic acids is 1. The van der Waals surface area contributed by atoms with Gasteiger partial charge in [-0.05, 0) is 12.5 Å². The van der Waals surface area contributed by atoms with Gasteiger partial charge in [0.15, 0.2) is 5.96 Å². The molecule has 0 saturated carbocycles. The van der Waals surface area contributed by atoms with Crippen LogP contribution in [0, 0.1) is 10.1 Å². The summed E-state index contributed by atoms with van der Waals surface area (Å²) in [6.45, 7) is 7.67. The molecule has 1 N–H and O–H groups in total. The van der Waals surface area contributed by atoms with Crippen LogP contribution in [0.5, 0.6) is 0 Å². The molecule has 0 atom stereocenters. The number of nitrogens with zero attached hydrogens (tertiary/aromatic N) is 4. The Morgan fingerprint density at radius 1 is 1.20 bits per heavy atom. The number of nitrogens with one attached hydrogen (secondary N) is 1. The molecular formula is C16H24IN5O3. The van der Waals surface area contributed by atoms with Crippen molar-refractivity contribution in [3.8, 4) is 0 Å². The van der Waals surface area contributed by atoms with Crippen molar-refractivity contribution in [1.82, 2.24) is 15.1 Å². The fourth-order valence-corrected chi connectivity index (χ4v) is 2.55. The Balaban J connectivity index is 0.00000312. The molecule has 0 aromatic heterocycles. The summed E-state index contributed by atoms with van der Waals surface area (Å²) in [6, 6.07) is 6.42. The van der Waals surface area contributed by atoms with Gasteiger partial charge in [0.05, 0.1) is 11.5 Å². The predicted octanol–water partition coefficient (Wildman–Crippen LogP) is 1.84. The van der Waals surface area contributed by atoms with Crippen molar-refractivity contribution in [2.24, 2.45) is 4.99 Å². The zero-order chi connectivity index (χ0) is 17.5. The van der Waals surface area contributed by atoms with E-state index in [-0.39, 0.29) is 35.6 Å². The lowest BCUT2D eigenvalue weighted by Crippen LogP contribution is -2.53. The number of carbonyl (C=O) groups is 1. The first-order chi connectivity index (χ1) is 11.5. The topological polar surface area (TPSA) is 91.1 Å². The van der Waals surface area contributed by atoms with Gasteiger partial charge in [0.2, 0.25) is 5.91 Å². The molecule has 1 aliphatic rings. The van der Waals surface area contributed by atoms with Crippen molar-refractivity contribution in [1.29, 1.82) is 0 Å². The van der Waals surface area contributed by atoms with Gasteiger partial charge in [-0.25, -0.2) is 4.99 Å². The summed E-state index contributed by atoms with van der Waals surface area (Å²) in [5.41, 5.74) is 0.994. The van der Waals surface area contributed by atoms with Gasteiger partial charge in [0.25, 0.3) is 5.69 Å². The Morgan fingerprint density at radius 3 is 2.24 bits per heavy atom. The number of rotatable bonds is 4. The fourth-order valence-electron chi connectivity index (χ4n) is 2.55. The molecule has 0 unspecified atom stereocenters. The van der Waals surface area contributed by atoms with Gasteiger partial charge in [0.1, 0.15) is 0 Å². The van der Waals surface area contributed by atoms with E-state index >= 15 is 0 Å². The van der Waals surface area contributed by atoms with Crippen molar-refractivity contribution in [3.05, 3.63) is 39.9 Å². The van der Waals surface area contributed by atoms with Crippen molar-refractivity contribution >= 4 is 41.5 Å². The Morgan fingerprint density at radius 2 is 1.76 bits per heavy atom. The van der Waals surface area contributed by atoms with Crippen LogP contribution >= 0.6 is 24.0 Å². The Labute approximate surface area is 164 Å². The smallest absolute Gasteiger partial charge is 0.269 e. The Kier molecular flexibility index (Phi) is 8.59. The minimum Gasteiger partial charge on any atom is -0.357 e. The van der Waals surface area contributed by atoms with Gasteiger partial charge in [0, 0.05) is 51.8 Å². The number of aliphatic imine (C=N–C) groups is 1. The SMILES string of the molecule is CCNC(=NCc1ccc([N+](=O)[O-])cc1)N1CCN(C(C)=O)CC1.I. The van der Waals surface area contributed by atoms with Gasteiger partial charge >= 0.3 is 0 Å². The highest BCUT2D eigenvalue weighted by molar-refractivity contribution is 14.0. The number of non-ortho nitro benzene ring substituents is 1. The second-order valence-corrected chi connectivity index (χ2v) is 5.59. The van der Waals surface area contributed by atoms with Gasteiger partial charge in [-0.15, -0.1) is 24.0 Å². The quantitative estimate of drug-likeness (QED) is 0.243. The highest BCUT2D eigenvalue weighted by atomic mass is 127. The van der Waals surface area contributed by atoms with E-state index in [0.29, 0.717) is 19.6 Å². The van der Waals surface area contributed by atoms with Gasteiger partial charge < -0.3 is 15.1 Å². The summed E-state index contributed by atoms with van der Waals surface area (Å²) < 4.78 is 0. The van der Waals surface area contributed by atoms with E-state index in [0.717, 1.165) is 31.2 Å². The van der Waals surface area contributed by atoms with Crippen LogP contribution in [-0.4, -0.2) is 59.3 Å². The largest absolute Gasteiger partial charge is 0.357 e. The third-order valence-electron chi connectivity index (χ3n) is 3.92. The first-order valence-corrected chi connectivity index (χ1v) is 8.03. The van der Waals surface area contributed by atoms with E-state index in [2.05, 4.69) is 15.2 Å². The summed E-state index contributed by atoms with van der Waals surface area (Å²) in [6.07, 6.45) is 0. The summed E-state index contributed by atoms with van der Waals surface area (Å²) in [4.78, 5) is 30.2. The minimum absolute atomic E-state index is 0. The van der Waals surface area contributed by atoms with Crippen LogP contribution in [0.4, 0.5) is 5.69 Å². The maximum Gasteiger partial charge on any atom is 0.269 e. The van der Waals surface area contributed by atoms with E-state index in [1.807, 2.05) is 11.8 Å². The second kappa shape index (κ2) is 10.2. The number of hydrogen-bond acceptors (Lipinski definition) is 4. The first-order valence-electron chi connectivity index (χ1n) is 8.03. The van der Waals surface area contributed by atoms with Crippen LogP contribution in [0.3, 0.4) is 0 Å². The monoisotopic (exact) mass is 461 g/mol. The lowest BCUT2D eigenvalue weighted by Gasteiger charge is -2.36. The number of nitro groups is 1. The zero-order valence-electron chi connectivity index (χ0n) is 14.5. The third kappa shape index (κ3) is 6.15. The van der Waals surface area contributed by atoms with E-state index in [1.54, 1.807) is 19.1 Å². The summed E-state index contributed by atoms with van der Waals surface area (Å²) >= 11 is 0. The molecule has 1 aromatic rings. The summed E-state index contributed by atoms with van der Waals surface area (Å²) in [5.74, 6) is 0.904. The fraction of sp³-hybridized carbons (Fsp3) is 0.500. The maximum atomic E-state index is 11.4. The van der Waals surface area contributed by atoms with Gasteiger partial charge in [-0.3, -0.25) is 14.9 Å². The molecule has 1 fully saturated rings. The van der Waals surface area contributed by atoms with E-state index in [1.165, 1.54) is 12.1 Å². The number of amides is 1. The summed E-state index contributed by atoms with van der Waals surface area (Å²) in [7, 11) is 0. The van der Waals surface area contributed by atoms with Gasteiger partial charge in [-0.2, -0.15) is 0 Å². The Bertz CT molecular complexity index is 613. The molecule has 2 rings (SSSR count). The van der Waals surface area contributed by atoms with Crippen molar-refractivity contribution < 1.29 is 9.72 Å². The third-order valence-corrected chi connectivity index (χ3v) is 3.92. The molecule has 1 saturated heterocycles. The van der Waals surface area contributed by atoms with Gasteiger partial charge in [-0.1, -0.05) is 12.1 Å². The molecule has 0 bridgehead atoms. The molecule has 1 amide bonds. The molecule has 8 nitrogen and oxygen atoms in total. The number of piperazine rings is 1.